The van der Waals surface area contributed by atoms with E-state index in [9.17, 15) is 4.79 Å². The second-order valence-corrected chi connectivity index (χ2v) is 5.32. The Kier molecular flexibility index (Phi) is 1.61. The van der Waals surface area contributed by atoms with E-state index in [4.69, 9.17) is 0 Å². The third-order valence-corrected chi connectivity index (χ3v) is 3.97. The molecule has 68 valence electrons. The van der Waals surface area contributed by atoms with Crippen molar-refractivity contribution in [3.05, 3.63) is 0 Å². The van der Waals surface area contributed by atoms with E-state index in [1.54, 1.807) is 0 Å². The highest BCUT2D eigenvalue weighted by atomic mass is 16.1. The summed E-state index contributed by atoms with van der Waals surface area (Å²) >= 11 is 0. The van der Waals surface area contributed by atoms with E-state index in [0.717, 1.165) is 24.7 Å². The Morgan fingerprint density at radius 2 is 1.92 bits per heavy atom. The summed E-state index contributed by atoms with van der Waals surface area (Å²) in [4.78, 5) is 11.4. The van der Waals surface area contributed by atoms with E-state index in [-0.39, 0.29) is 0 Å². The molecule has 3 atom stereocenters. The lowest BCUT2D eigenvalue weighted by Gasteiger charge is -2.10. The summed E-state index contributed by atoms with van der Waals surface area (Å²) in [6.45, 7) is 6.84. The molecule has 0 aromatic heterocycles. The monoisotopic (exact) mass is 166 g/mol. The molecule has 1 heteroatoms. The van der Waals surface area contributed by atoms with Crippen LogP contribution in [0, 0.1) is 23.2 Å². The van der Waals surface area contributed by atoms with Crippen molar-refractivity contribution in [3.63, 3.8) is 0 Å². The molecule has 0 spiro atoms. The number of ketones is 1. The van der Waals surface area contributed by atoms with Gasteiger partial charge >= 0.3 is 0 Å². The Morgan fingerprint density at radius 3 is 2.58 bits per heavy atom. The van der Waals surface area contributed by atoms with Gasteiger partial charge in [-0.1, -0.05) is 20.8 Å². The fourth-order valence-corrected chi connectivity index (χ4v) is 2.96. The summed E-state index contributed by atoms with van der Waals surface area (Å²) in [6.07, 6.45) is 2.98. The van der Waals surface area contributed by atoms with Crippen molar-refractivity contribution in [1.29, 1.82) is 0 Å². The normalized spacial score (nSPS) is 44.9. The number of rotatable bonds is 0. The number of hydrogen-bond donors (Lipinski definition) is 0. The summed E-state index contributed by atoms with van der Waals surface area (Å²) in [5, 5.41) is 0. The smallest absolute Gasteiger partial charge is 0.133 e. The molecule has 0 aromatic carbocycles. The van der Waals surface area contributed by atoms with E-state index >= 15 is 0 Å². The molecule has 2 saturated carbocycles. The van der Waals surface area contributed by atoms with Gasteiger partial charge in [0.15, 0.2) is 0 Å². The molecular weight excluding hydrogens is 148 g/mol. The fourth-order valence-electron chi connectivity index (χ4n) is 2.96. The Hall–Kier alpha value is -0.330. The van der Waals surface area contributed by atoms with Gasteiger partial charge < -0.3 is 0 Å². The quantitative estimate of drug-likeness (QED) is 0.540. The number of hydrogen-bond acceptors (Lipinski definition) is 1. The van der Waals surface area contributed by atoms with Gasteiger partial charge in [-0.3, -0.25) is 4.79 Å². The summed E-state index contributed by atoms with van der Waals surface area (Å²) in [6, 6.07) is 0. The summed E-state index contributed by atoms with van der Waals surface area (Å²) in [7, 11) is 0. The van der Waals surface area contributed by atoms with Crippen molar-refractivity contribution in [3.8, 4) is 0 Å². The lowest BCUT2D eigenvalue weighted by Crippen LogP contribution is -2.07. The van der Waals surface area contributed by atoms with Crippen LogP contribution in [0.2, 0.25) is 0 Å². The second kappa shape index (κ2) is 2.34. The Balaban J connectivity index is 2.11. The van der Waals surface area contributed by atoms with E-state index in [2.05, 4.69) is 20.8 Å². The first-order valence-corrected chi connectivity index (χ1v) is 5.03. The Labute approximate surface area is 74.5 Å². The standard InChI is InChI=1S/C11H18O/c1-7-4-8(12)6-10-9(5-7)11(10,2)3/h7,9-10H,4-6H2,1-3H3/t7-,9-,10+/m1/s1. The second-order valence-electron chi connectivity index (χ2n) is 5.32. The molecular formula is C11H18O. The fraction of sp³-hybridized carbons (Fsp3) is 0.909. The molecule has 12 heavy (non-hydrogen) atoms. The van der Waals surface area contributed by atoms with Crippen molar-refractivity contribution in [1.82, 2.24) is 0 Å². The van der Waals surface area contributed by atoms with Gasteiger partial charge in [-0.25, -0.2) is 0 Å². The van der Waals surface area contributed by atoms with Gasteiger partial charge in [0.2, 0.25) is 0 Å². The molecule has 0 radical (unpaired) electrons. The van der Waals surface area contributed by atoms with Crippen LogP contribution in [0.25, 0.3) is 0 Å². The number of Topliss-reactive ketones (excluding diaryl/α,β-unsaturated/α-hetero) is 1. The highest BCUT2D eigenvalue weighted by Crippen LogP contribution is 2.63. The number of carbonyl (C=O) groups is 1. The summed E-state index contributed by atoms with van der Waals surface area (Å²) in [5.74, 6) is 2.70. The van der Waals surface area contributed by atoms with E-state index in [0.29, 0.717) is 17.1 Å². The van der Waals surface area contributed by atoms with E-state index < -0.39 is 0 Å². The van der Waals surface area contributed by atoms with Crippen LogP contribution in [-0.4, -0.2) is 5.78 Å². The van der Waals surface area contributed by atoms with Crippen molar-refractivity contribution in [2.24, 2.45) is 23.2 Å². The molecule has 2 fully saturated rings. The van der Waals surface area contributed by atoms with Crippen molar-refractivity contribution in [2.45, 2.75) is 40.0 Å². The zero-order valence-corrected chi connectivity index (χ0v) is 8.26. The molecule has 1 nitrogen and oxygen atoms in total. The molecule has 0 aliphatic heterocycles. The summed E-state index contributed by atoms with van der Waals surface area (Å²) < 4.78 is 0. The van der Waals surface area contributed by atoms with Crippen LogP contribution in [0.15, 0.2) is 0 Å². The first-order chi connectivity index (χ1) is 5.51. The van der Waals surface area contributed by atoms with Crippen molar-refractivity contribution >= 4 is 5.78 Å². The third kappa shape index (κ3) is 1.10. The molecule has 0 N–H and O–H groups in total. The maximum absolute atomic E-state index is 11.4. The first kappa shape index (κ1) is 8.28. The molecule has 0 amide bonds. The zero-order chi connectivity index (χ0) is 8.93. The van der Waals surface area contributed by atoms with Crippen molar-refractivity contribution in [2.75, 3.05) is 0 Å². The summed E-state index contributed by atoms with van der Waals surface area (Å²) in [5.41, 5.74) is 0.477. The van der Waals surface area contributed by atoms with Crippen LogP contribution in [0.3, 0.4) is 0 Å². The lowest BCUT2D eigenvalue weighted by molar-refractivity contribution is -0.120. The average molecular weight is 166 g/mol. The van der Waals surface area contributed by atoms with E-state index in [1.807, 2.05) is 0 Å². The molecule has 2 rings (SSSR count). The van der Waals surface area contributed by atoms with Gasteiger partial charge in [-0.2, -0.15) is 0 Å². The van der Waals surface area contributed by atoms with E-state index in [1.165, 1.54) is 6.42 Å². The van der Waals surface area contributed by atoms with Crippen LogP contribution in [0.5, 0.6) is 0 Å². The Bertz CT molecular complexity index is 217. The highest BCUT2D eigenvalue weighted by molar-refractivity contribution is 5.79. The van der Waals surface area contributed by atoms with Crippen molar-refractivity contribution < 1.29 is 4.79 Å². The lowest BCUT2D eigenvalue weighted by atomic mass is 9.94. The predicted octanol–water partition coefficient (Wildman–Crippen LogP) is 2.65. The molecule has 0 saturated heterocycles. The maximum atomic E-state index is 11.4. The number of carbonyl (C=O) groups excluding carboxylic acids is 1. The van der Waals surface area contributed by atoms with Crippen LogP contribution in [-0.2, 0) is 4.79 Å². The minimum Gasteiger partial charge on any atom is -0.300 e. The minimum atomic E-state index is 0.477. The van der Waals surface area contributed by atoms with Gasteiger partial charge in [0.25, 0.3) is 0 Å². The van der Waals surface area contributed by atoms with Gasteiger partial charge in [0.05, 0.1) is 0 Å². The van der Waals surface area contributed by atoms with Crippen LogP contribution >= 0.6 is 0 Å². The molecule has 0 aromatic rings. The molecule has 2 aliphatic carbocycles. The predicted molar refractivity (Wildman–Crippen MR) is 48.8 cm³/mol. The topological polar surface area (TPSA) is 17.1 Å². The van der Waals surface area contributed by atoms with Crippen LogP contribution in [0.4, 0.5) is 0 Å². The largest absolute Gasteiger partial charge is 0.300 e. The maximum Gasteiger partial charge on any atom is 0.133 e. The molecule has 2 aliphatic rings. The highest BCUT2D eigenvalue weighted by Gasteiger charge is 2.58. The zero-order valence-electron chi connectivity index (χ0n) is 8.26. The number of fused-ring (bicyclic) bond motifs is 1. The average Bonchev–Trinajstić information content (AvgIpc) is 2.45. The van der Waals surface area contributed by atoms with Crippen LogP contribution in [0.1, 0.15) is 40.0 Å². The SMILES string of the molecule is C[C@@H]1CC(=O)C[C@H]2[C@@H](C1)C2(C)C. The van der Waals surface area contributed by atoms with Crippen LogP contribution < -0.4 is 0 Å². The Morgan fingerprint density at radius 1 is 1.25 bits per heavy atom. The molecule has 0 unspecified atom stereocenters. The van der Waals surface area contributed by atoms with Gasteiger partial charge in [0.1, 0.15) is 5.78 Å². The molecule has 0 bridgehead atoms. The molecule has 0 heterocycles. The first-order valence-electron chi connectivity index (χ1n) is 5.03. The van der Waals surface area contributed by atoms with Gasteiger partial charge in [-0.15, -0.1) is 0 Å². The third-order valence-electron chi connectivity index (χ3n) is 3.97. The van der Waals surface area contributed by atoms with Gasteiger partial charge in [-0.05, 0) is 29.6 Å². The van der Waals surface area contributed by atoms with Gasteiger partial charge in [0, 0.05) is 12.8 Å². The minimum absolute atomic E-state index is 0.477.